The Morgan fingerprint density at radius 2 is 2.36 bits per heavy atom. The molecule has 6 heteroatoms. The standard InChI is InChI=1S/C5H4N2O2S2/c8-11(9)5-4(1-2-10-5)6-3-7-11/h1-3H,(H,6,7). The zero-order valence-electron chi connectivity index (χ0n) is 5.31. The van der Waals surface area contributed by atoms with E-state index in [1.807, 2.05) is 0 Å². The number of anilines is 1. The first-order valence-electron chi connectivity index (χ1n) is 2.83. The monoisotopic (exact) mass is 188 g/mol. The molecule has 1 aromatic heterocycles. The first-order chi connectivity index (χ1) is 5.20. The first-order valence-corrected chi connectivity index (χ1v) is 5.15. The molecular weight excluding hydrogens is 184 g/mol. The predicted molar refractivity (Wildman–Crippen MR) is 43.6 cm³/mol. The normalized spacial score (nSPS) is 18.9. The third-order valence-corrected chi connectivity index (χ3v) is 3.97. The van der Waals surface area contributed by atoms with E-state index in [9.17, 15) is 8.42 Å². The zero-order chi connectivity index (χ0) is 7.90. The van der Waals surface area contributed by atoms with Gasteiger partial charge in [0.15, 0.2) is 4.21 Å². The Morgan fingerprint density at radius 1 is 1.55 bits per heavy atom. The van der Waals surface area contributed by atoms with Gasteiger partial charge in [-0.25, -0.2) is 0 Å². The van der Waals surface area contributed by atoms with Crippen LogP contribution in [0.1, 0.15) is 0 Å². The Balaban J connectivity index is 2.75. The molecule has 0 amide bonds. The molecule has 0 bridgehead atoms. The van der Waals surface area contributed by atoms with Gasteiger partial charge in [0.05, 0.1) is 5.69 Å². The van der Waals surface area contributed by atoms with Crippen LogP contribution in [0.2, 0.25) is 0 Å². The highest BCUT2D eigenvalue weighted by Crippen LogP contribution is 2.30. The lowest BCUT2D eigenvalue weighted by Crippen LogP contribution is -2.08. The number of fused-ring (bicyclic) bond motifs is 1. The van der Waals surface area contributed by atoms with Crippen molar-refractivity contribution in [2.75, 3.05) is 5.32 Å². The van der Waals surface area contributed by atoms with Gasteiger partial charge >= 0.3 is 0 Å². The largest absolute Gasteiger partial charge is 0.344 e. The summed E-state index contributed by atoms with van der Waals surface area (Å²) in [6, 6.07) is 1.71. The summed E-state index contributed by atoms with van der Waals surface area (Å²) >= 11 is 1.17. The summed E-state index contributed by atoms with van der Waals surface area (Å²) in [6.45, 7) is 0. The van der Waals surface area contributed by atoms with Crippen LogP contribution in [0.5, 0.6) is 0 Å². The summed E-state index contributed by atoms with van der Waals surface area (Å²) < 4.78 is 25.8. The van der Waals surface area contributed by atoms with Crippen molar-refractivity contribution < 1.29 is 8.42 Å². The Morgan fingerprint density at radius 3 is 3.09 bits per heavy atom. The van der Waals surface area contributed by atoms with Crippen LogP contribution in [0.3, 0.4) is 0 Å². The van der Waals surface area contributed by atoms with Crippen LogP contribution in [0.15, 0.2) is 20.1 Å². The van der Waals surface area contributed by atoms with E-state index in [4.69, 9.17) is 0 Å². The first kappa shape index (κ1) is 6.81. The van der Waals surface area contributed by atoms with E-state index < -0.39 is 10.0 Å². The molecule has 11 heavy (non-hydrogen) atoms. The molecule has 0 saturated heterocycles. The van der Waals surface area contributed by atoms with Gasteiger partial charge in [-0.15, -0.1) is 15.7 Å². The number of sulfonamides is 1. The van der Waals surface area contributed by atoms with Gasteiger partial charge < -0.3 is 5.32 Å². The highest BCUT2D eigenvalue weighted by Gasteiger charge is 2.21. The molecule has 4 nitrogen and oxygen atoms in total. The second-order valence-corrected chi connectivity index (χ2v) is 4.72. The highest BCUT2D eigenvalue weighted by molar-refractivity contribution is 7.92. The fraction of sp³-hybridized carbons (Fsp3) is 0. The minimum atomic E-state index is -3.37. The fourth-order valence-electron chi connectivity index (χ4n) is 0.815. The molecule has 1 aromatic rings. The maximum atomic E-state index is 11.1. The van der Waals surface area contributed by atoms with E-state index in [-0.39, 0.29) is 0 Å². The molecular formula is C5H4N2O2S2. The van der Waals surface area contributed by atoms with Crippen molar-refractivity contribution in [1.29, 1.82) is 0 Å². The molecule has 1 N–H and O–H groups in total. The maximum Gasteiger partial charge on any atom is 0.295 e. The van der Waals surface area contributed by atoms with Crippen molar-refractivity contribution in [3.05, 3.63) is 11.4 Å². The van der Waals surface area contributed by atoms with Crippen LogP contribution in [0.4, 0.5) is 5.69 Å². The minimum Gasteiger partial charge on any atom is -0.344 e. The van der Waals surface area contributed by atoms with Gasteiger partial charge in [-0.1, -0.05) is 0 Å². The second kappa shape index (κ2) is 2.05. The Hall–Kier alpha value is -0.880. The highest BCUT2D eigenvalue weighted by atomic mass is 32.2. The number of nitrogens with one attached hydrogen (secondary N) is 1. The number of rotatable bonds is 0. The summed E-state index contributed by atoms with van der Waals surface area (Å²) in [5.41, 5.74) is 0.616. The summed E-state index contributed by atoms with van der Waals surface area (Å²) in [7, 11) is -3.37. The molecule has 0 atom stereocenters. The van der Waals surface area contributed by atoms with E-state index in [1.54, 1.807) is 11.4 Å². The van der Waals surface area contributed by atoms with Crippen molar-refractivity contribution in [2.45, 2.75) is 4.21 Å². The van der Waals surface area contributed by atoms with Crippen LogP contribution >= 0.6 is 11.3 Å². The number of hydrogen-bond acceptors (Lipinski definition) is 4. The van der Waals surface area contributed by atoms with Crippen LogP contribution in [0.25, 0.3) is 0 Å². The Kier molecular flexibility index (Phi) is 1.27. The van der Waals surface area contributed by atoms with Crippen LogP contribution in [-0.4, -0.2) is 14.8 Å². The van der Waals surface area contributed by atoms with Crippen molar-refractivity contribution in [3.63, 3.8) is 0 Å². The predicted octanol–water partition coefficient (Wildman–Crippen LogP) is 0.891. The van der Waals surface area contributed by atoms with Crippen molar-refractivity contribution in [2.24, 2.45) is 4.40 Å². The molecule has 0 radical (unpaired) electrons. The van der Waals surface area contributed by atoms with Crippen molar-refractivity contribution >= 4 is 33.4 Å². The Bertz CT molecular complexity index is 404. The summed E-state index contributed by atoms with van der Waals surface area (Å²) in [5.74, 6) is 0. The summed E-state index contributed by atoms with van der Waals surface area (Å²) in [6.07, 6.45) is 1.18. The molecule has 58 valence electrons. The molecule has 0 saturated carbocycles. The van der Waals surface area contributed by atoms with E-state index >= 15 is 0 Å². The van der Waals surface area contributed by atoms with Gasteiger partial charge in [0.1, 0.15) is 6.34 Å². The molecule has 1 aliphatic rings. The van der Waals surface area contributed by atoms with Crippen LogP contribution < -0.4 is 5.32 Å². The van der Waals surface area contributed by atoms with Gasteiger partial charge in [-0.2, -0.15) is 8.42 Å². The van der Waals surface area contributed by atoms with Crippen LogP contribution in [0, 0.1) is 0 Å². The quantitative estimate of drug-likeness (QED) is 0.657. The topological polar surface area (TPSA) is 58.5 Å². The van der Waals surface area contributed by atoms with Gasteiger partial charge in [0, 0.05) is 0 Å². The summed E-state index contributed by atoms with van der Waals surface area (Å²) in [4.78, 5) is 0. The minimum absolute atomic E-state index is 0.292. The van der Waals surface area contributed by atoms with E-state index in [1.165, 1.54) is 17.7 Å². The lowest BCUT2D eigenvalue weighted by Gasteiger charge is -2.05. The van der Waals surface area contributed by atoms with Crippen LogP contribution in [-0.2, 0) is 10.0 Å². The van der Waals surface area contributed by atoms with E-state index in [0.717, 1.165) is 0 Å². The second-order valence-electron chi connectivity index (χ2n) is 1.98. The zero-order valence-corrected chi connectivity index (χ0v) is 6.95. The third-order valence-electron chi connectivity index (χ3n) is 1.28. The summed E-state index contributed by atoms with van der Waals surface area (Å²) in [5, 5.41) is 4.45. The number of hydrogen-bond donors (Lipinski definition) is 1. The Labute approximate surface area is 67.6 Å². The van der Waals surface area contributed by atoms with Crippen molar-refractivity contribution in [1.82, 2.24) is 0 Å². The third kappa shape index (κ3) is 0.945. The fourth-order valence-corrected chi connectivity index (χ4v) is 2.87. The van der Waals surface area contributed by atoms with E-state index in [2.05, 4.69) is 9.71 Å². The van der Waals surface area contributed by atoms with Gasteiger partial charge in [-0.3, -0.25) is 0 Å². The molecule has 0 unspecified atom stereocenters. The molecule has 0 aromatic carbocycles. The van der Waals surface area contributed by atoms with E-state index in [0.29, 0.717) is 9.90 Å². The maximum absolute atomic E-state index is 11.1. The van der Waals surface area contributed by atoms with Crippen molar-refractivity contribution in [3.8, 4) is 0 Å². The number of nitrogens with zero attached hydrogens (tertiary/aromatic N) is 1. The van der Waals surface area contributed by atoms with Gasteiger partial charge in [0.25, 0.3) is 10.0 Å². The molecule has 2 rings (SSSR count). The molecule has 0 fully saturated rings. The number of thiophene rings is 1. The molecule has 2 heterocycles. The van der Waals surface area contributed by atoms with Gasteiger partial charge in [-0.05, 0) is 11.4 Å². The lowest BCUT2D eigenvalue weighted by molar-refractivity contribution is 0.600. The molecule has 0 spiro atoms. The SMILES string of the molecule is O=S1(=O)N=CNc2ccsc21. The molecule has 0 aliphatic carbocycles. The average molecular weight is 188 g/mol. The lowest BCUT2D eigenvalue weighted by atomic mass is 10.5. The smallest absolute Gasteiger partial charge is 0.295 e. The average Bonchev–Trinajstić information content (AvgIpc) is 2.34. The van der Waals surface area contributed by atoms with Gasteiger partial charge in [0.2, 0.25) is 0 Å². The molecule has 1 aliphatic heterocycles.